The lowest BCUT2D eigenvalue weighted by molar-refractivity contribution is -0.145. The Balaban J connectivity index is 3.21. The minimum Gasteiger partial charge on any atom is -0.462 e. The normalized spacial score (nSPS) is 11.1. The zero-order valence-electron chi connectivity index (χ0n) is 13.7. The second-order valence-electron chi connectivity index (χ2n) is 5.05. The van der Waals surface area contributed by atoms with E-state index in [1.807, 2.05) is 31.2 Å². The molecule has 118 valence electrons. The summed E-state index contributed by atoms with van der Waals surface area (Å²) in [5, 5.41) is 0. The molecular weight excluding hydrogens is 280 g/mol. The third-order valence-corrected chi connectivity index (χ3v) is 3.02. The van der Waals surface area contributed by atoms with E-state index in [4.69, 9.17) is 9.47 Å². The minimum absolute atomic E-state index is 0.308. The summed E-state index contributed by atoms with van der Waals surface area (Å²) in [5.41, 5.74) is 5.91. The highest BCUT2D eigenvalue weighted by Crippen LogP contribution is 2.26. The maximum absolute atomic E-state index is 11.7. The molecular formula is C18H22O4. The molecule has 4 nitrogen and oxygen atoms in total. The van der Waals surface area contributed by atoms with Crippen molar-refractivity contribution in [2.24, 2.45) is 0 Å². The second kappa shape index (κ2) is 8.20. The molecule has 4 heteroatoms. The Kier molecular flexibility index (Phi) is 6.61. The van der Waals surface area contributed by atoms with Crippen LogP contribution < -0.4 is 0 Å². The van der Waals surface area contributed by atoms with Gasteiger partial charge in [-0.25, -0.2) is 4.79 Å². The first kappa shape index (κ1) is 17.7. The maximum Gasteiger partial charge on any atom is 0.341 e. The van der Waals surface area contributed by atoms with E-state index in [0.29, 0.717) is 17.8 Å². The Morgan fingerprint density at radius 3 is 2.23 bits per heavy atom. The van der Waals surface area contributed by atoms with Crippen molar-refractivity contribution in [1.29, 1.82) is 0 Å². The summed E-state index contributed by atoms with van der Waals surface area (Å²) in [6, 6.07) is 7.68. The molecule has 0 aliphatic carbocycles. The number of ether oxygens (including phenoxy) is 2. The molecule has 0 saturated carbocycles. The number of hydrogen-bond acceptors (Lipinski definition) is 4. The summed E-state index contributed by atoms with van der Waals surface area (Å²) in [4.78, 5) is 23.0. The molecule has 1 unspecified atom stereocenters. The summed E-state index contributed by atoms with van der Waals surface area (Å²) in [5.74, 6) is -0.812. The van der Waals surface area contributed by atoms with Crippen LogP contribution in [0.3, 0.4) is 0 Å². The molecule has 0 aliphatic heterocycles. The Labute approximate surface area is 131 Å². The number of hydrogen-bond donors (Lipinski definition) is 0. The largest absolute Gasteiger partial charge is 0.462 e. The van der Waals surface area contributed by atoms with Gasteiger partial charge in [0.15, 0.2) is 6.10 Å². The van der Waals surface area contributed by atoms with Crippen molar-refractivity contribution in [1.82, 2.24) is 0 Å². The van der Waals surface area contributed by atoms with Crippen LogP contribution in [0.15, 0.2) is 41.1 Å². The molecule has 0 fully saturated rings. The average molecular weight is 302 g/mol. The van der Waals surface area contributed by atoms with E-state index in [1.54, 1.807) is 20.8 Å². The predicted molar refractivity (Wildman–Crippen MR) is 84.2 cm³/mol. The molecule has 0 amide bonds. The molecule has 0 N–H and O–H groups in total. The number of benzene rings is 1. The van der Waals surface area contributed by atoms with E-state index < -0.39 is 12.1 Å². The summed E-state index contributed by atoms with van der Waals surface area (Å²) >= 11 is 0. The lowest BCUT2D eigenvalue weighted by atomic mass is 10.0. The van der Waals surface area contributed by atoms with Gasteiger partial charge in [0.2, 0.25) is 0 Å². The minimum atomic E-state index is -0.567. The van der Waals surface area contributed by atoms with Gasteiger partial charge in [0.1, 0.15) is 0 Å². The van der Waals surface area contributed by atoms with Crippen molar-refractivity contribution in [3.63, 3.8) is 0 Å². The molecule has 22 heavy (non-hydrogen) atoms. The number of esters is 2. The van der Waals surface area contributed by atoms with E-state index in [1.165, 1.54) is 6.92 Å². The average Bonchev–Trinajstić information content (AvgIpc) is 2.45. The standard InChI is InChI=1S/C18H22O4/c1-6-21-18(20)14(4)11-13(3)17(22-15(5)19)16-9-7-12(2)8-10-16/h7-10,17H,6H2,1-5H3. The third-order valence-electron chi connectivity index (χ3n) is 3.02. The van der Waals surface area contributed by atoms with Gasteiger partial charge in [-0.3, -0.25) is 4.79 Å². The van der Waals surface area contributed by atoms with Crippen molar-refractivity contribution < 1.29 is 19.1 Å². The molecule has 0 saturated heterocycles. The van der Waals surface area contributed by atoms with Crippen molar-refractivity contribution >= 4 is 11.9 Å². The van der Waals surface area contributed by atoms with Gasteiger partial charge in [-0.1, -0.05) is 29.8 Å². The number of carbonyl (C=O) groups is 2. The Morgan fingerprint density at radius 2 is 1.73 bits per heavy atom. The van der Waals surface area contributed by atoms with E-state index in [-0.39, 0.29) is 5.97 Å². The SMILES string of the molecule is CCOC(=O)C(C)=C=C(C)C(OC(C)=O)c1ccc(C)cc1. The fourth-order valence-corrected chi connectivity index (χ4v) is 1.97. The molecule has 0 heterocycles. The van der Waals surface area contributed by atoms with E-state index >= 15 is 0 Å². The van der Waals surface area contributed by atoms with Crippen LogP contribution in [0.1, 0.15) is 44.9 Å². The maximum atomic E-state index is 11.7. The smallest absolute Gasteiger partial charge is 0.341 e. The first-order valence-corrected chi connectivity index (χ1v) is 7.20. The van der Waals surface area contributed by atoms with Gasteiger partial charge in [0.25, 0.3) is 0 Å². The van der Waals surface area contributed by atoms with Crippen LogP contribution in [0.25, 0.3) is 0 Å². The first-order valence-electron chi connectivity index (χ1n) is 7.20. The highest BCUT2D eigenvalue weighted by Gasteiger charge is 2.17. The van der Waals surface area contributed by atoms with Crippen molar-refractivity contribution in [2.75, 3.05) is 6.61 Å². The Hall–Kier alpha value is -2.32. The van der Waals surface area contributed by atoms with Crippen LogP contribution >= 0.6 is 0 Å². The zero-order valence-corrected chi connectivity index (χ0v) is 13.7. The van der Waals surface area contributed by atoms with Gasteiger partial charge < -0.3 is 9.47 Å². The fraction of sp³-hybridized carbons (Fsp3) is 0.389. The van der Waals surface area contributed by atoms with Crippen molar-refractivity contribution in [3.8, 4) is 0 Å². The summed E-state index contributed by atoms with van der Waals surface area (Å²) in [7, 11) is 0. The Bertz CT molecular complexity index is 604. The monoisotopic (exact) mass is 302 g/mol. The van der Waals surface area contributed by atoms with Crippen LogP contribution in [0.5, 0.6) is 0 Å². The predicted octanol–water partition coefficient (Wildman–Crippen LogP) is 3.65. The molecule has 1 aromatic carbocycles. The van der Waals surface area contributed by atoms with Gasteiger partial charge in [0.05, 0.1) is 12.2 Å². The Morgan fingerprint density at radius 1 is 1.14 bits per heavy atom. The van der Waals surface area contributed by atoms with Gasteiger partial charge in [-0.2, -0.15) is 0 Å². The van der Waals surface area contributed by atoms with E-state index in [0.717, 1.165) is 11.1 Å². The van der Waals surface area contributed by atoms with Crippen LogP contribution in [-0.2, 0) is 19.1 Å². The highest BCUT2D eigenvalue weighted by atomic mass is 16.5. The zero-order chi connectivity index (χ0) is 16.7. The summed E-state index contributed by atoms with van der Waals surface area (Å²) < 4.78 is 10.3. The van der Waals surface area contributed by atoms with E-state index in [2.05, 4.69) is 5.73 Å². The van der Waals surface area contributed by atoms with Gasteiger partial charge >= 0.3 is 11.9 Å². The topological polar surface area (TPSA) is 52.6 Å². The number of aryl methyl sites for hydroxylation is 1. The van der Waals surface area contributed by atoms with Crippen molar-refractivity contribution in [3.05, 3.63) is 52.3 Å². The summed E-state index contributed by atoms with van der Waals surface area (Å²) in [6.07, 6.45) is -0.567. The van der Waals surface area contributed by atoms with Crippen LogP contribution in [0, 0.1) is 6.92 Å². The third kappa shape index (κ3) is 5.23. The molecule has 0 bridgehead atoms. The molecule has 0 aromatic heterocycles. The van der Waals surface area contributed by atoms with E-state index in [9.17, 15) is 9.59 Å². The number of carbonyl (C=O) groups excluding carboxylic acids is 2. The molecule has 0 aliphatic rings. The lowest BCUT2D eigenvalue weighted by Gasteiger charge is -2.17. The molecule has 1 rings (SSSR count). The molecule has 0 spiro atoms. The van der Waals surface area contributed by atoms with Crippen LogP contribution in [-0.4, -0.2) is 18.5 Å². The molecule has 0 radical (unpaired) electrons. The van der Waals surface area contributed by atoms with Crippen molar-refractivity contribution in [2.45, 2.75) is 40.7 Å². The summed E-state index contributed by atoms with van der Waals surface area (Å²) in [6.45, 7) is 8.80. The fourth-order valence-electron chi connectivity index (χ4n) is 1.97. The van der Waals surface area contributed by atoms with Gasteiger partial charge in [0, 0.05) is 12.5 Å². The lowest BCUT2D eigenvalue weighted by Crippen LogP contribution is -2.10. The quantitative estimate of drug-likeness (QED) is 0.473. The highest BCUT2D eigenvalue weighted by molar-refractivity contribution is 5.87. The molecule has 1 atom stereocenters. The van der Waals surface area contributed by atoms with Crippen LogP contribution in [0.2, 0.25) is 0 Å². The number of rotatable bonds is 5. The molecule has 1 aromatic rings. The first-order chi connectivity index (χ1) is 10.3. The van der Waals surface area contributed by atoms with Crippen LogP contribution in [0.4, 0.5) is 0 Å². The van der Waals surface area contributed by atoms with Gasteiger partial charge in [-0.15, -0.1) is 5.73 Å². The van der Waals surface area contributed by atoms with Gasteiger partial charge in [-0.05, 0) is 33.3 Å². The second-order valence-corrected chi connectivity index (χ2v) is 5.05.